The topological polar surface area (TPSA) is 113 Å². The van der Waals surface area contributed by atoms with Crippen LogP contribution in [0.3, 0.4) is 0 Å². The van der Waals surface area contributed by atoms with Crippen LogP contribution in [0, 0.1) is 11.6 Å². The number of anilines is 1. The highest BCUT2D eigenvalue weighted by atomic mass is 19.1. The van der Waals surface area contributed by atoms with E-state index in [0.29, 0.717) is 29.1 Å². The molecule has 0 aliphatic carbocycles. The fourth-order valence-electron chi connectivity index (χ4n) is 4.71. The molecule has 0 saturated heterocycles. The first-order chi connectivity index (χ1) is 18.5. The third-order valence-corrected chi connectivity index (χ3v) is 6.62. The zero-order valence-electron chi connectivity index (χ0n) is 19.9. The first kappa shape index (κ1) is 23.9. The van der Waals surface area contributed by atoms with Crippen LogP contribution in [0.25, 0.3) is 22.9 Å². The summed E-state index contributed by atoms with van der Waals surface area (Å²) in [6.45, 7) is 0.336. The Labute approximate surface area is 215 Å². The second-order valence-electron chi connectivity index (χ2n) is 9.00. The van der Waals surface area contributed by atoms with Crippen LogP contribution in [0.5, 0.6) is 0 Å². The summed E-state index contributed by atoms with van der Waals surface area (Å²) in [4.78, 5) is 10.1. The number of nitrogens with zero attached hydrogens (tertiary/aromatic N) is 6. The van der Waals surface area contributed by atoms with Crippen LogP contribution in [0.4, 0.5) is 14.6 Å². The number of rotatable bonds is 6. The predicted molar refractivity (Wildman–Crippen MR) is 133 cm³/mol. The molecule has 2 N–H and O–H groups in total. The smallest absolute Gasteiger partial charge is 0.183 e. The maximum Gasteiger partial charge on any atom is 0.183 e. The number of hydrogen-bond acceptors (Lipinski definition) is 8. The van der Waals surface area contributed by atoms with Gasteiger partial charge in [-0.25, -0.2) is 18.7 Å². The van der Waals surface area contributed by atoms with E-state index in [1.807, 2.05) is 24.3 Å². The maximum absolute atomic E-state index is 15.1. The second kappa shape index (κ2) is 9.77. The molecule has 4 heterocycles. The third-order valence-electron chi connectivity index (χ3n) is 6.62. The van der Waals surface area contributed by atoms with Crippen LogP contribution in [0.2, 0.25) is 0 Å². The number of fused-ring (bicyclic) bond motifs is 1. The summed E-state index contributed by atoms with van der Waals surface area (Å²) in [7, 11) is 0. The average Bonchev–Trinajstić information content (AvgIpc) is 3.60. The molecule has 5 aromatic rings. The van der Waals surface area contributed by atoms with Crippen molar-refractivity contribution < 1.29 is 23.5 Å². The molecule has 0 bridgehead atoms. The van der Waals surface area contributed by atoms with E-state index in [2.05, 4.69) is 20.2 Å². The van der Waals surface area contributed by atoms with Crippen LogP contribution in [0.1, 0.15) is 16.7 Å². The lowest BCUT2D eigenvalue weighted by Crippen LogP contribution is -2.48. The lowest BCUT2D eigenvalue weighted by molar-refractivity contribution is -0.0612. The van der Waals surface area contributed by atoms with E-state index in [-0.39, 0.29) is 30.5 Å². The zero-order chi connectivity index (χ0) is 26.2. The highest BCUT2D eigenvalue weighted by Gasteiger charge is 2.33. The summed E-state index contributed by atoms with van der Waals surface area (Å²) in [5, 5.41) is 28.8. The van der Waals surface area contributed by atoms with E-state index in [1.165, 1.54) is 17.2 Å². The Morgan fingerprint density at radius 1 is 0.974 bits per heavy atom. The normalized spacial score (nSPS) is 15.2. The lowest BCUT2D eigenvalue weighted by Gasteiger charge is -2.38. The monoisotopic (exact) mass is 516 g/mol. The number of aliphatic hydroxyl groups is 2. The summed E-state index contributed by atoms with van der Waals surface area (Å²) in [6.07, 6.45) is 1.03. The van der Waals surface area contributed by atoms with Gasteiger partial charge >= 0.3 is 0 Å². The largest absolute Gasteiger partial charge is 0.366 e. The molecule has 38 heavy (non-hydrogen) atoms. The lowest BCUT2D eigenvalue weighted by atomic mass is 9.93. The minimum absolute atomic E-state index is 0.0748. The van der Waals surface area contributed by atoms with E-state index >= 15 is 4.39 Å². The molecule has 2 aromatic carbocycles. The summed E-state index contributed by atoms with van der Waals surface area (Å²) >= 11 is 0. The van der Waals surface area contributed by atoms with E-state index in [4.69, 9.17) is 4.52 Å². The number of benzene rings is 2. The van der Waals surface area contributed by atoms with Crippen molar-refractivity contribution in [3.8, 4) is 22.9 Å². The average molecular weight is 517 g/mol. The Bertz CT molecular complexity index is 1590. The molecule has 11 heteroatoms. The van der Waals surface area contributed by atoms with E-state index in [1.54, 1.807) is 35.0 Å². The van der Waals surface area contributed by atoms with Gasteiger partial charge in [-0.15, -0.1) is 0 Å². The van der Waals surface area contributed by atoms with Gasteiger partial charge in [0.1, 0.15) is 23.5 Å². The fraction of sp³-hybridized carbons (Fsp3) is 0.185. The summed E-state index contributed by atoms with van der Waals surface area (Å²) in [6, 6.07) is 16.4. The van der Waals surface area contributed by atoms with Gasteiger partial charge in [0.05, 0.1) is 24.5 Å². The molecule has 3 aromatic heterocycles. The first-order valence-corrected chi connectivity index (χ1v) is 11.9. The number of halogens is 2. The van der Waals surface area contributed by atoms with E-state index < -0.39 is 18.1 Å². The molecule has 6 rings (SSSR count). The highest BCUT2D eigenvalue weighted by molar-refractivity contribution is 5.63. The summed E-state index contributed by atoms with van der Waals surface area (Å²) < 4.78 is 36.0. The molecule has 192 valence electrons. The highest BCUT2D eigenvalue weighted by Crippen LogP contribution is 2.32. The minimum Gasteiger partial charge on any atom is -0.366 e. The van der Waals surface area contributed by atoms with Gasteiger partial charge in [0, 0.05) is 18.2 Å². The number of aliphatic hydroxyl groups excluding tert-OH is 1. The number of hydrogen-bond donors (Lipinski definition) is 2. The first-order valence-electron chi connectivity index (χ1n) is 11.9. The molecular weight excluding hydrogens is 494 g/mol. The Hall–Kier alpha value is -4.48. The van der Waals surface area contributed by atoms with Crippen molar-refractivity contribution in [3.05, 3.63) is 101 Å². The predicted octanol–water partition coefficient (Wildman–Crippen LogP) is 3.56. The van der Waals surface area contributed by atoms with Gasteiger partial charge in [-0.05, 0) is 29.7 Å². The van der Waals surface area contributed by atoms with Gasteiger partial charge in [0.25, 0.3) is 0 Å². The molecule has 1 unspecified atom stereocenters. The Morgan fingerprint density at radius 3 is 2.53 bits per heavy atom. The van der Waals surface area contributed by atoms with Gasteiger partial charge in [-0.2, -0.15) is 5.10 Å². The molecule has 0 fully saturated rings. The molecule has 1 aliphatic rings. The van der Waals surface area contributed by atoms with Crippen molar-refractivity contribution in [2.45, 2.75) is 31.8 Å². The quantitative estimate of drug-likeness (QED) is 0.330. The SMILES string of the molecule is OC(O)C1Cc2ccccc2CN1c1nc(-c2cc(-c3ccon3)n(Cc3ccccc3F)n2)ncc1F. The van der Waals surface area contributed by atoms with Gasteiger partial charge in [0.2, 0.25) is 0 Å². The molecule has 9 nitrogen and oxygen atoms in total. The van der Waals surface area contributed by atoms with Crippen molar-refractivity contribution in [3.63, 3.8) is 0 Å². The van der Waals surface area contributed by atoms with Crippen molar-refractivity contribution in [2.75, 3.05) is 4.90 Å². The molecule has 0 amide bonds. The fourth-order valence-corrected chi connectivity index (χ4v) is 4.71. The van der Waals surface area contributed by atoms with Gasteiger partial charge in [0.15, 0.2) is 23.7 Å². The van der Waals surface area contributed by atoms with Gasteiger partial charge < -0.3 is 19.6 Å². The number of aromatic nitrogens is 5. The van der Waals surface area contributed by atoms with Crippen LogP contribution < -0.4 is 4.90 Å². The molecule has 0 saturated carbocycles. The Balaban J connectivity index is 1.41. The molecule has 1 aliphatic heterocycles. The van der Waals surface area contributed by atoms with Crippen LogP contribution in [-0.2, 0) is 19.5 Å². The van der Waals surface area contributed by atoms with E-state index in [9.17, 15) is 14.6 Å². The van der Waals surface area contributed by atoms with Crippen molar-refractivity contribution in [1.29, 1.82) is 0 Å². The van der Waals surface area contributed by atoms with Gasteiger partial charge in [-0.1, -0.05) is 47.6 Å². The molecule has 0 spiro atoms. The molecule has 1 atom stereocenters. The standard InChI is InChI=1S/C27H22F2N6O3/c28-19-8-4-3-7-18(19)15-35-23(21-9-10-38-33-21)12-22(32-35)25-30-13-20(29)26(31-25)34-14-17-6-2-1-5-16(17)11-24(34)27(36)37/h1-10,12-13,24,27,36-37H,11,14-15H2. The van der Waals surface area contributed by atoms with Crippen LogP contribution in [0.15, 0.2) is 77.6 Å². The van der Waals surface area contributed by atoms with Crippen LogP contribution >= 0.6 is 0 Å². The Kier molecular flexibility index (Phi) is 6.14. The second-order valence-corrected chi connectivity index (χ2v) is 9.00. The van der Waals surface area contributed by atoms with Crippen molar-refractivity contribution in [2.24, 2.45) is 0 Å². The van der Waals surface area contributed by atoms with Gasteiger partial charge in [-0.3, -0.25) is 4.68 Å². The van der Waals surface area contributed by atoms with Crippen molar-refractivity contribution in [1.82, 2.24) is 24.9 Å². The summed E-state index contributed by atoms with van der Waals surface area (Å²) in [5.41, 5.74) is 3.62. The summed E-state index contributed by atoms with van der Waals surface area (Å²) in [5.74, 6) is -1.05. The minimum atomic E-state index is -1.72. The maximum atomic E-state index is 15.1. The molecule has 0 radical (unpaired) electrons. The third kappa shape index (κ3) is 4.42. The molecular formula is C27H22F2N6O3. The van der Waals surface area contributed by atoms with Crippen molar-refractivity contribution >= 4 is 5.82 Å². The van der Waals surface area contributed by atoms with Crippen LogP contribution in [-0.4, -0.2) is 47.5 Å². The Morgan fingerprint density at radius 2 is 1.76 bits per heavy atom. The zero-order valence-corrected chi connectivity index (χ0v) is 19.9. The van der Waals surface area contributed by atoms with E-state index in [0.717, 1.165) is 17.3 Å².